The number of aryl methyl sites for hydroxylation is 3. The highest BCUT2D eigenvalue weighted by Crippen LogP contribution is 2.19. The van der Waals surface area contributed by atoms with E-state index in [4.69, 9.17) is 0 Å². The molecular formula is C18H21N5O. The van der Waals surface area contributed by atoms with E-state index in [0.717, 1.165) is 28.7 Å². The predicted molar refractivity (Wildman–Crippen MR) is 94.9 cm³/mol. The van der Waals surface area contributed by atoms with Crippen molar-refractivity contribution in [3.63, 3.8) is 0 Å². The molecule has 3 rings (SSSR count). The molecule has 0 saturated carbocycles. The molecule has 3 aromatic rings. The van der Waals surface area contributed by atoms with E-state index in [-0.39, 0.29) is 6.03 Å². The van der Waals surface area contributed by atoms with Crippen molar-refractivity contribution in [1.82, 2.24) is 20.1 Å². The monoisotopic (exact) mass is 323 g/mol. The number of anilines is 1. The number of carbonyl (C=O) groups is 1. The molecule has 2 N–H and O–H groups in total. The molecule has 0 aliphatic carbocycles. The van der Waals surface area contributed by atoms with Crippen molar-refractivity contribution in [2.75, 3.05) is 5.32 Å². The summed E-state index contributed by atoms with van der Waals surface area (Å²) in [5.41, 5.74) is 4.72. The number of carbonyl (C=O) groups excluding carboxylic acids is 1. The molecule has 0 spiro atoms. The van der Waals surface area contributed by atoms with Crippen molar-refractivity contribution in [2.24, 2.45) is 7.05 Å². The minimum atomic E-state index is -0.247. The van der Waals surface area contributed by atoms with Crippen molar-refractivity contribution >= 4 is 22.8 Å². The van der Waals surface area contributed by atoms with Crippen LogP contribution in [0.1, 0.15) is 23.7 Å². The van der Waals surface area contributed by atoms with Crippen molar-refractivity contribution in [3.05, 3.63) is 53.3 Å². The number of nitrogens with one attached hydrogen (secondary N) is 2. The maximum atomic E-state index is 12.1. The van der Waals surface area contributed by atoms with Crippen LogP contribution < -0.4 is 10.6 Å². The molecular weight excluding hydrogens is 302 g/mol. The molecule has 2 aromatic heterocycles. The van der Waals surface area contributed by atoms with Gasteiger partial charge in [-0.15, -0.1) is 0 Å². The molecule has 0 aliphatic rings. The lowest BCUT2D eigenvalue weighted by atomic mass is 10.1. The van der Waals surface area contributed by atoms with E-state index in [0.29, 0.717) is 12.2 Å². The van der Waals surface area contributed by atoms with Gasteiger partial charge in [0.25, 0.3) is 0 Å². The molecule has 2 heterocycles. The summed E-state index contributed by atoms with van der Waals surface area (Å²) in [5, 5.41) is 11.0. The van der Waals surface area contributed by atoms with Crippen LogP contribution in [0.2, 0.25) is 0 Å². The predicted octanol–water partition coefficient (Wildman–Crippen LogP) is 3.16. The van der Waals surface area contributed by atoms with Crippen LogP contribution in [0, 0.1) is 6.92 Å². The summed E-state index contributed by atoms with van der Waals surface area (Å²) in [6.45, 7) is 4.53. The lowest BCUT2D eigenvalue weighted by Crippen LogP contribution is -2.28. The van der Waals surface area contributed by atoms with Gasteiger partial charge in [-0.2, -0.15) is 5.10 Å². The van der Waals surface area contributed by atoms with E-state index in [1.54, 1.807) is 10.9 Å². The molecule has 24 heavy (non-hydrogen) atoms. The summed E-state index contributed by atoms with van der Waals surface area (Å²) < 4.78 is 1.73. The summed E-state index contributed by atoms with van der Waals surface area (Å²) >= 11 is 0. The van der Waals surface area contributed by atoms with E-state index < -0.39 is 0 Å². The Labute approximate surface area is 140 Å². The molecule has 0 radical (unpaired) electrons. The third kappa shape index (κ3) is 3.22. The Morgan fingerprint density at radius 2 is 2.00 bits per heavy atom. The Balaban J connectivity index is 1.67. The third-order valence-corrected chi connectivity index (χ3v) is 4.06. The van der Waals surface area contributed by atoms with Gasteiger partial charge in [-0.3, -0.25) is 4.68 Å². The van der Waals surface area contributed by atoms with Gasteiger partial charge in [-0.1, -0.05) is 31.2 Å². The molecule has 0 saturated heterocycles. The average Bonchev–Trinajstić information content (AvgIpc) is 2.87. The molecule has 0 aliphatic heterocycles. The van der Waals surface area contributed by atoms with Gasteiger partial charge in [0, 0.05) is 19.0 Å². The molecule has 124 valence electrons. The van der Waals surface area contributed by atoms with E-state index in [9.17, 15) is 4.79 Å². The Hall–Kier alpha value is -2.89. The Kier molecular flexibility index (Phi) is 4.46. The number of benzene rings is 1. The van der Waals surface area contributed by atoms with Crippen LogP contribution in [0.15, 0.2) is 36.5 Å². The number of fused-ring (bicyclic) bond motifs is 1. The van der Waals surface area contributed by atoms with Crippen LogP contribution in [-0.2, 0) is 20.0 Å². The molecule has 1 aromatic carbocycles. The fraction of sp³-hybridized carbons (Fsp3) is 0.278. The minimum Gasteiger partial charge on any atom is -0.334 e. The number of urea groups is 1. The van der Waals surface area contributed by atoms with E-state index in [1.807, 2.05) is 38.2 Å². The van der Waals surface area contributed by atoms with Gasteiger partial charge >= 0.3 is 6.03 Å². The number of pyridine rings is 1. The number of rotatable bonds is 4. The van der Waals surface area contributed by atoms with Crippen molar-refractivity contribution in [1.29, 1.82) is 0 Å². The maximum Gasteiger partial charge on any atom is 0.319 e. The number of hydrogen-bond acceptors (Lipinski definition) is 3. The first-order valence-corrected chi connectivity index (χ1v) is 7.99. The van der Waals surface area contributed by atoms with Gasteiger partial charge in [0.2, 0.25) is 0 Å². The third-order valence-electron chi connectivity index (χ3n) is 4.06. The van der Waals surface area contributed by atoms with E-state index >= 15 is 0 Å². The van der Waals surface area contributed by atoms with Crippen LogP contribution in [0.3, 0.4) is 0 Å². The van der Waals surface area contributed by atoms with Crippen LogP contribution in [0.25, 0.3) is 11.0 Å². The highest BCUT2D eigenvalue weighted by Gasteiger charge is 2.09. The van der Waals surface area contributed by atoms with Crippen molar-refractivity contribution in [2.45, 2.75) is 26.8 Å². The first-order chi connectivity index (χ1) is 11.6. The standard InChI is InChI=1S/C18H21N5O/c1-4-13-7-5-6-8-14(13)10-20-18(24)21-15-9-16-12(2)22-23(3)17(16)19-11-15/h5-9,11H,4,10H2,1-3H3,(H2,20,21,24). The fourth-order valence-corrected chi connectivity index (χ4v) is 2.80. The Bertz CT molecular complexity index is 884. The number of aromatic nitrogens is 3. The highest BCUT2D eigenvalue weighted by atomic mass is 16.2. The maximum absolute atomic E-state index is 12.1. The van der Waals surface area contributed by atoms with E-state index in [2.05, 4.69) is 33.7 Å². The lowest BCUT2D eigenvalue weighted by Gasteiger charge is -2.10. The first kappa shape index (κ1) is 16.0. The summed E-state index contributed by atoms with van der Waals surface area (Å²) in [5.74, 6) is 0. The van der Waals surface area contributed by atoms with Crippen LogP contribution >= 0.6 is 0 Å². The Morgan fingerprint density at radius 3 is 2.75 bits per heavy atom. The van der Waals surface area contributed by atoms with Crippen LogP contribution in [-0.4, -0.2) is 20.8 Å². The molecule has 0 unspecified atom stereocenters. The molecule has 6 nitrogen and oxygen atoms in total. The molecule has 0 atom stereocenters. The highest BCUT2D eigenvalue weighted by molar-refractivity contribution is 5.92. The molecule has 6 heteroatoms. The largest absolute Gasteiger partial charge is 0.334 e. The topological polar surface area (TPSA) is 71.8 Å². The second-order valence-corrected chi connectivity index (χ2v) is 5.73. The minimum absolute atomic E-state index is 0.247. The SMILES string of the molecule is CCc1ccccc1CNC(=O)Nc1cnc2c(c1)c(C)nn2C. The summed E-state index contributed by atoms with van der Waals surface area (Å²) in [6, 6.07) is 9.76. The summed E-state index contributed by atoms with van der Waals surface area (Å²) in [4.78, 5) is 16.5. The second kappa shape index (κ2) is 6.70. The zero-order chi connectivity index (χ0) is 17.1. The number of nitrogens with zero attached hydrogens (tertiary/aromatic N) is 3. The lowest BCUT2D eigenvalue weighted by molar-refractivity contribution is 0.251. The number of amides is 2. The fourth-order valence-electron chi connectivity index (χ4n) is 2.80. The molecule has 0 fully saturated rings. The zero-order valence-electron chi connectivity index (χ0n) is 14.1. The normalized spacial score (nSPS) is 10.8. The average molecular weight is 323 g/mol. The molecule has 2 amide bonds. The van der Waals surface area contributed by atoms with Gasteiger partial charge in [-0.25, -0.2) is 9.78 Å². The summed E-state index contributed by atoms with van der Waals surface area (Å²) in [7, 11) is 1.85. The Morgan fingerprint density at radius 1 is 1.25 bits per heavy atom. The van der Waals surface area contributed by atoms with Crippen LogP contribution in [0.4, 0.5) is 10.5 Å². The van der Waals surface area contributed by atoms with Gasteiger partial charge < -0.3 is 10.6 Å². The number of hydrogen-bond donors (Lipinski definition) is 2. The summed E-state index contributed by atoms with van der Waals surface area (Å²) in [6.07, 6.45) is 2.59. The zero-order valence-corrected chi connectivity index (χ0v) is 14.1. The van der Waals surface area contributed by atoms with E-state index in [1.165, 1.54) is 5.56 Å². The van der Waals surface area contributed by atoms with Crippen molar-refractivity contribution in [3.8, 4) is 0 Å². The molecule has 0 bridgehead atoms. The first-order valence-electron chi connectivity index (χ1n) is 7.99. The van der Waals surface area contributed by atoms with Gasteiger partial charge in [0.1, 0.15) is 0 Å². The smallest absolute Gasteiger partial charge is 0.319 e. The quantitative estimate of drug-likeness (QED) is 0.774. The van der Waals surface area contributed by atoms with Crippen LogP contribution in [0.5, 0.6) is 0 Å². The van der Waals surface area contributed by atoms with Gasteiger partial charge in [0.15, 0.2) is 5.65 Å². The van der Waals surface area contributed by atoms with Gasteiger partial charge in [-0.05, 0) is 30.5 Å². The second-order valence-electron chi connectivity index (χ2n) is 5.73. The van der Waals surface area contributed by atoms with Crippen molar-refractivity contribution < 1.29 is 4.79 Å². The van der Waals surface area contributed by atoms with Gasteiger partial charge in [0.05, 0.1) is 17.6 Å².